The Balaban J connectivity index is 1.51. The average Bonchev–Trinajstić information content (AvgIpc) is 3.01. The zero-order valence-corrected chi connectivity index (χ0v) is 15.1. The number of nitrogens with one attached hydrogen (secondary N) is 1. The number of nitro groups is 1. The molecule has 9 nitrogen and oxygen atoms in total. The molecular weight excluding hydrogens is 364 g/mol. The number of amides is 2. The van der Waals surface area contributed by atoms with Crippen LogP contribution in [0, 0.1) is 10.1 Å². The molecule has 1 heterocycles. The van der Waals surface area contributed by atoms with Crippen LogP contribution in [0.25, 0.3) is 0 Å². The monoisotopic (exact) mass is 382 g/mol. The van der Waals surface area contributed by atoms with Gasteiger partial charge in [0, 0.05) is 29.5 Å². The van der Waals surface area contributed by atoms with E-state index in [1.54, 1.807) is 4.90 Å². The molecule has 1 aliphatic rings. The van der Waals surface area contributed by atoms with E-state index in [4.69, 9.17) is 4.84 Å². The van der Waals surface area contributed by atoms with Crippen molar-refractivity contribution in [2.24, 2.45) is 5.16 Å². The van der Waals surface area contributed by atoms with Gasteiger partial charge in [0.15, 0.2) is 6.61 Å². The van der Waals surface area contributed by atoms with Gasteiger partial charge < -0.3 is 15.1 Å². The van der Waals surface area contributed by atoms with Gasteiger partial charge in [-0.3, -0.25) is 19.7 Å². The Labute approximate surface area is 160 Å². The first-order chi connectivity index (χ1) is 13.5. The van der Waals surface area contributed by atoms with Crippen molar-refractivity contribution in [3.05, 3.63) is 64.2 Å². The SMILES string of the molecule is C[C@H]1Cc2ccccc2N1C(=O)CO/N=C\C(=O)Nc1cccc([N+](=O)[O-])c1. The predicted octanol–water partition coefficient (Wildman–Crippen LogP) is 2.51. The minimum atomic E-state index is -0.632. The third kappa shape index (κ3) is 4.32. The molecule has 9 heteroatoms. The van der Waals surface area contributed by atoms with E-state index in [2.05, 4.69) is 10.5 Å². The van der Waals surface area contributed by atoms with Crippen molar-refractivity contribution < 1.29 is 19.3 Å². The standard InChI is InChI=1S/C19H18N4O5/c1-13-9-14-5-2-3-8-17(14)22(13)19(25)12-28-20-11-18(24)21-15-6-4-7-16(10-15)23(26)27/h2-8,10-11,13H,9,12H2,1H3,(H,21,24)/b20-11-/t13-/m0/s1. The first-order valence-corrected chi connectivity index (χ1v) is 8.56. The van der Waals surface area contributed by atoms with E-state index in [-0.39, 0.29) is 29.9 Å². The number of nitrogens with zero attached hydrogens (tertiary/aromatic N) is 3. The number of hydrogen-bond acceptors (Lipinski definition) is 6. The van der Waals surface area contributed by atoms with Crippen molar-refractivity contribution in [1.82, 2.24) is 0 Å². The van der Waals surface area contributed by atoms with Crippen LogP contribution in [0.4, 0.5) is 17.1 Å². The van der Waals surface area contributed by atoms with Gasteiger partial charge in [0.2, 0.25) is 0 Å². The molecule has 2 aromatic carbocycles. The molecule has 1 atom stereocenters. The number of oxime groups is 1. The van der Waals surface area contributed by atoms with E-state index >= 15 is 0 Å². The van der Waals surface area contributed by atoms with Crippen LogP contribution in [-0.2, 0) is 20.8 Å². The van der Waals surface area contributed by atoms with Crippen LogP contribution in [0.5, 0.6) is 0 Å². The largest absolute Gasteiger partial charge is 0.385 e. The molecule has 1 N–H and O–H groups in total. The summed E-state index contributed by atoms with van der Waals surface area (Å²) < 4.78 is 0. The summed E-state index contributed by atoms with van der Waals surface area (Å²) in [5, 5.41) is 16.7. The van der Waals surface area contributed by atoms with Gasteiger partial charge in [0.25, 0.3) is 17.5 Å². The lowest BCUT2D eigenvalue weighted by Gasteiger charge is -2.21. The summed E-state index contributed by atoms with van der Waals surface area (Å²) >= 11 is 0. The van der Waals surface area contributed by atoms with Gasteiger partial charge >= 0.3 is 0 Å². The van der Waals surface area contributed by atoms with E-state index < -0.39 is 10.8 Å². The van der Waals surface area contributed by atoms with Gasteiger partial charge in [-0.15, -0.1) is 0 Å². The van der Waals surface area contributed by atoms with Gasteiger partial charge in [-0.25, -0.2) is 0 Å². The molecule has 0 aromatic heterocycles. The van der Waals surface area contributed by atoms with Crippen molar-refractivity contribution in [2.45, 2.75) is 19.4 Å². The summed E-state index contributed by atoms with van der Waals surface area (Å²) in [5.74, 6) is -0.887. The predicted molar refractivity (Wildman–Crippen MR) is 103 cm³/mol. The lowest BCUT2D eigenvalue weighted by molar-refractivity contribution is -0.384. The van der Waals surface area contributed by atoms with Crippen LogP contribution in [-0.4, -0.2) is 35.6 Å². The number of hydrogen-bond donors (Lipinski definition) is 1. The fraction of sp³-hybridized carbons (Fsp3) is 0.211. The molecule has 0 spiro atoms. The van der Waals surface area contributed by atoms with Crippen LogP contribution in [0.15, 0.2) is 53.7 Å². The van der Waals surface area contributed by atoms with Crippen molar-refractivity contribution in [2.75, 3.05) is 16.8 Å². The molecule has 0 radical (unpaired) electrons. The minimum Gasteiger partial charge on any atom is -0.385 e. The third-order valence-electron chi connectivity index (χ3n) is 4.23. The fourth-order valence-electron chi connectivity index (χ4n) is 3.06. The van der Waals surface area contributed by atoms with Crippen molar-refractivity contribution in [3.8, 4) is 0 Å². The van der Waals surface area contributed by atoms with Gasteiger partial charge in [0.1, 0.15) is 6.21 Å². The number of carbonyl (C=O) groups excluding carboxylic acids is 2. The molecule has 2 aromatic rings. The Hall–Kier alpha value is -3.75. The number of para-hydroxylation sites is 1. The Bertz CT molecular complexity index is 943. The normalized spacial score (nSPS) is 15.3. The highest BCUT2D eigenvalue weighted by Crippen LogP contribution is 2.31. The summed E-state index contributed by atoms with van der Waals surface area (Å²) in [7, 11) is 0. The molecule has 0 aliphatic carbocycles. The molecule has 0 bridgehead atoms. The number of carbonyl (C=O) groups is 2. The fourth-order valence-corrected chi connectivity index (χ4v) is 3.06. The minimum absolute atomic E-state index is 0.0228. The molecule has 2 amide bonds. The number of nitro benzene ring substituents is 1. The highest BCUT2D eigenvalue weighted by molar-refractivity contribution is 6.31. The van der Waals surface area contributed by atoms with Crippen LogP contribution < -0.4 is 10.2 Å². The second-order valence-corrected chi connectivity index (χ2v) is 6.25. The Morgan fingerprint density at radius 1 is 1.32 bits per heavy atom. The summed E-state index contributed by atoms with van der Waals surface area (Å²) in [5.41, 5.74) is 2.07. The van der Waals surface area contributed by atoms with E-state index in [9.17, 15) is 19.7 Å². The topological polar surface area (TPSA) is 114 Å². The first kappa shape index (κ1) is 19.0. The Morgan fingerprint density at radius 2 is 2.11 bits per heavy atom. The second kappa shape index (κ2) is 8.30. The molecule has 0 unspecified atom stereocenters. The molecule has 0 saturated carbocycles. The van der Waals surface area contributed by atoms with Gasteiger partial charge in [-0.2, -0.15) is 0 Å². The average molecular weight is 382 g/mol. The van der Waals surface area contributed by atoms with Gasteiger partial charge in [0.05, 0.1) is 4.92 Å². The maximum absolute atomic E-state index is 12.4. The summed E-state index contributed by atoms with van der Waals surface area (Å²) in [6.07, 6.45) is 1.64. The maximum Gasteiger partial charge on any atom is 0.271 e. The third-order valence-corrected chi connectivity index (χ3v) is 4.23. The number of anilines is 2. The molecular formula is C19H18N4O5. The van der Waals surface area contributed by atoms with Gasteiger partial charge in [-0.05, 0) is 31.0 Å². The second-order valence-electron chi connectivity index (χ2n) is 6.25. The number of non-ortho nitro benzene ring substituents is 1. The summed E-state index contributed by atoms with van der Waals surface area (Å²) in [4.78, 5) is 41.0. The molecule has 3 rings (SSSR count). The quantitative estimate of drug-likeness (QED) is 0.468. The number of benzene rings is 2. The lowest BCUT2D eigenvalue weighted by atomic mass is 10.1. The van der Waals surface area contributed by atoms with Crippen LogP contribution >= 0.6 is 0 Å². The van der Waals surface area contributed by atoms with Gasteiger partial charge in [-0.1, -0.05) is 29.4 Å². The molecule has 28 heavy (non-hydrogen) atoms. The van der Waals surface area contributed by atoms with Crippen LogP contribution in [0.3, 0.4) is 0 Å². The van der Waals surface area contributed by atoms with Crippen molar-refractivity contribution in [3.63, 3.8) is 0 Å². The lowest BCUT2D eigenvalue weighted by Crippen LogP contribution is -2.38. The van der Waals surface area contributed by atoms with E-state index in [0.717, 1.165) is 23.9 Å². The van der Waals surface area contributed by atoms with E-state index in [1.807, 2.05) is 31.2 Å². The van der Waals surface area contributed by atoms with E-state index in [0.29, 0.717) is 0 Å². The van der Waals surface area contributed by atoms with Crippen LogP contribution in [0.2, 0.25) is 0 Å². The number of rotatable bonds is 6. The molecule has 144 valence electrons. The van der Waals surface area contributed by atoms with Crippen LogP contribution in [0.1, 0.15) is 12.5 Å². The van der Waals surface area contributed by atoms with Crippen molar-refractivity contribution in [1.29, 1.82) is 0 Å². The highest BCUT2D eigenvalue weighted by atomic mass is 16.6. The first-order valence-electron chi connectivity index (χ1n) is 8.56. The summed E-state index contributed by atoms with van der Waals surface area (Å²) in [6, 6.07) is 13.2. The molecule has 0 saturated heterocycles. The maximum atomic E-state index is 12.4. The zero-order chi connectivity index (χ0) is 20.1. The highest BCUT2D eigenvalue weighted by Gasteiger charge is 2.30. The zero-order valence-electron chi connectivity index (χ0n) is 15.1. The Kier molecular flexibility index (Phi) is 5.64. The molecule has 0 fully saturated rings. The Morgan fingerprint density at radius 3 is 2.89 bits per heavy atom. The van der Waals surface area contributed by atoms with E-state index in [1.165, 1.54) is 24.3 Å². The molecule has 1 aliphatic heterocycles. The van der Waals surface area contributed by atoms with Crippen molar-refractivity contribution >= 4 is 35.1 Å². The smallest absolute Gasteiger partial charge is 0.271 e. The summed E-state index contributed by atoms with van der Waals surface area (Å²) in [6.45, 7) is 1.65. The number of fused-ring (bicyclic) bond motifs is 1.